The van der Waals surface area contributed by atoms with Gasteiger partial charge in [0.2, 0.25) is 0 Å². The highest BCUT2D eigenvalue weighted by molar-refractivity contribution is 7.19. The van der Waals surface area contributed by atoms with E-state index >= 15 is 0 Å². The van der Waals surface area contributed by atoms with Crippen molar-refractivity contribution >= 4 is 27.5 Å². The van der Waals surface area contributed by atoms with Gasteiger partial charge in [-0.3, -0.25) is 9.80 Å². The molecule has 0 bridgehead atoms. The smallest absolute Gasteiger partial charge is 0.340 e. The fourth-order valence-electron chi connectivity index (χ4n) is 5.11. The van der Waals surface area contributed by atoms with E-state index in [0.717, 1.165) is 59.6 Å². The van der Waals surface area contributed by atoms with E-state index in [2.05, 4.69) is 37.5 Å². The first-order valence-corrected chi connectivity index (χ1v) is 14.0. The van der Waals surface area contributed by atoms with Crippen LogP contribution in [0, 0.1) is 0 Å². The van der Waals surface area contributed by atoms with Gasteiger partial charge in [0.05, 0.1) is 32.1 Å². The number of fused-ring (bicyclic) bond motifs is 3. The first-order valence-electron chi connectivity index (χ1n) is 13.2. The molecule has 8 heteroatoms. The molecule has 0 N–H and O–H groups in total. The number of pyridine rings is 1. The van der Waals surface area contributed by atoms with E-state index in [0.29, 0.717) is 36.3 Å². The zero-order valence-corrected chi connectivity index (χ0v) is 24.0. The predicted molar refractivity (Wildman–Crippen MR) is 150 cm³/mol. The first kappa shape index (κ1) is 27.4. The summed E-state index contributed by atoms with van der Waals surface area (Å²) >= 11 is 1.76. The maximum atomic E-state index is 13.6. The van der Waals surface area contributed by atoms with Gasteiger partial charge in [0.1, 0.15) is 4.83 Å². The lowest BCUT2D eigenvalue weighted by Gasteiger charge is -2.30. The molecule has 0 spiro atoms. The summed E-state index contributed by atoms with van der Waals surface area (Å²) < 4.78 is 16.8. The van der Waals surface area contributed by atoms with Gasteiger partial charge in [-0.2, -0.15) is 0 Å². The summed E-state index contributed by atoms with van der Waals surface area (Å²) in [6.45, 7) is 15.1. The molecule has 0 fully saturated rings. The van der Waals surface area contributed by atoms with Gasteiger partial charge in [0.15, 0.2) is 11.5 Å². The Kier molecular flexibility index (Phi) is 8.72. The monoisotopic (exact) mass is 525 g/mol. The maximum Gasteiger partial charge on any atom is 0.340 e. The van der Waals surface area contributed by atoms with E-state index < -0.39 is 0 Å². The number of carbonyl (C=O) groups excluding carboxylic acids is 1. The molecular weight excluding hydrogens is 486 g/mol. The highest BCUT2D eigenvalue weighted by atomic mass is 32.1. The van der Waals surface area contributed by atoms with Crippen LogP contribution in [0.5, 0.6) is 11.5 Å². The van der Waals surface area contributed by atoms with Crippen LogP contribution in [-0.2, 0) is 24.2 Å². The van der Waals surface area contributed by atoms with Gasteiger partial charge in [-0.25, -0.2) is 9.78 Å². The molecule has 3 heterocycles. The second-order valence-electron chi connectivity index (χ2n) is 9.56. The van der Waals surface area contributed by atoms with Crippen LogP contribution >= 0.6 is 11.3 Å². The third-order valence-electron chi connectivity index (χ3n) is 7.24. The molecular formula is C29H39N3O4S. The molecule has 7 nitrogen and oxygen atoms in total. The summed E-state index contributed by atoms with van der Waals surface area (Å²) in [5.41, 5.74) is 4.41. The van der Waals surface area contributed by atoms with Crippen LogP contribution in [0.25, 0.3) is 21.3 Å². The number of benzene rings is 1. The van der Waals surface area contributed by atoms with E-state index in [1.165, 1.54) is 10.4 Å². The van der Waals surface area contributed by atoms with Crippen LogP contribution in [0.4, 0.5) is 0 Å². The van der Waals surface area contributed by atoms with Crippen molar-refractivity contribution in [3.63, 3.8) is 0 Å². The normalized spacial score (nSPS) is 13.9. The SMILES string of the molecule is CCOC(=O)c1c(CN(CC)CC)nc2sc3c(c2c1-c1ccc(OC)c(OC)c1)CCN(C(C)C)C3. The molecule has 1 aromatic carbocycles. The Balaban J connectivity index is 2.06. The summed E-state index contributed by atoms with van der Waals surface area (Å²) in [5.74, 6) is 0.945. The summed E-state index contributed by atoms with van der Waals surface area (Å²) in [4.78, 5) is 25.9. The molecule has 0 saturated heterocycles. The fourth-order valence-corrected chi connectivity index (χ4v) is 6.39. The Morgan fingerprint density at radius 1 is 1.14 bits per heavy atom. The van der Waals surface area contributed by atoms with Gasteiger partial charge in [0.25, 0.3) is 0 Å². The number of hydrogen-bond donors (Lipinski definition) is 0. The molecule has 4 rings (SSSR count). The van der Waals surface area contributed by atoms with E-state index in [4.69, 9.17) is 19.2 Å². The third-order valence-corrected chi connectivity index (χ3v) is 8.35. The van der Waals surface area contributed by atoms with Crippen molar-refractivity contribution in [2.75, 3.05) is 40.5 Å². The predicted octanol–water partition coefficient (Wildman–Crippen LogP) is 5.77. The average molecular weight is 526 g/mol. The molecule has 1 aliphatic rings. The van der Waals surface area contributed by atoms with Crippen LogP contribution in [0.3, 0.4) is 0 Å². The average Bonchev–Trinajstić information content (AvgIpc) is 3.27. The first-order chi connectivity index (χ1) is 17.9. The molecule has 200 valence electrons. The minimum atomic E-state index is -0.330. The van der Waals surface area contributed by atoms with Crippen molar-refractivity contribution in [1.82, 2.24) is 14.8 Å². The van der Waals surface area contributed by atoms with E-state index in [9.17, 15) is 4.79 Å². The van der Waals surface area contributed by atoms with E-state index in [1.54, 1.807) is 25.6 Å². The van der Waals surface area contributed by atoms with Gasteiger partial charge in [-0.1, -0.05) is 19.9 Å². The molecule has 0 saturated carbocycles. The van der Waals surface area contributed by atoms with Crippen LogP contribution in [-0.4, -0.2) is 67.3 Å². The molecule has 0 atom stereocenters. The van der Waals surface area contributed by atoms with Crippen molar-refractivity contribution in [3.8, 4) is 22.6 Å². The van der Waals surface area contributed by atoms with Crippen molar-refractivity contribution in [2.45, 2.75) is 60.2 Å². The Labute approximate surface area is 224 Å². The number of esters is 1. The highest BCUT2D eigenvalue weighted by Crippen LogP contribution is 2.44. The van der Waals surface area contributed by atoms with Gasteiger partial charge < -0.3 is 14.2 Å². The Hall–Kier alpha value is -2.68. The van der Waals surface area contributed by atoms with Crippen molar-refractivity contribution in [2.24, 2.45) is 0 Å². The number of thiophene rings is 1. The highest BCUT2D eigenvalue weighted by Gasteiger charge is 2.31. The number of hydrogen-bond acceptors (Lipinski definition) is 8. The third kappa shape index (κ3) is 5.33. The Morgan fingerprint density at radius 2 is 1.86 bits per heavy atom. The molecule has 0 amide bonds. The molecule has 37 heavy (non-hydrogen) atoms. The van der Waals surface area contributed by atoms with Crippen molar-refractivity contribution in [3.05, 3.63) is 39.9 Å². The minimum Gasteiger partial charge on any atom is -0.493 e. The van der Waals surface area contributed by atoms with Gasteiger partial charge >= 0.3 is 5.97 Å². The fraction of sp³-hybridized carbons (Fsp3) is 0.517. The molecule has 3 aromatic rings. The number of rotatable bonds is 10. The Bertz CT molecular complexity index is 1270. The maximum absolute atomic E-state index is 13.6. The van der Waals surface area contributed by atoms with Gasteiger partial charge in [-0.15, -0.1) is 11.3 Å². The lowest BCUT2D eigenvalue weighted by atomic mass is 9.91. The standard InChI is InChI=1S/C29H39N3O4S/c1-8-31(9-2)16-21-27(29(33)36-10-3)25(19-11-12-22(34-6)23(15-19)35-7)26-20-13-14-32(18(4)5)17-24(20)37-28(26)30-21/h11-12,15,18H,8-10,13-14,16-17H2,1-7H3. The van der Waals surface area contributed by atoms with Crippen molar-refractivity contribution in [1.29, 1.82) is 0 Å². The van der Waals surface area contributed by atoms with Crippen LogP contribution in [0.2, 0.25) is 0 Å². The zero-order chi connectivity index (χ0) is 26.7. The lowest BCUT2D eigenvalue weighted by molar-refractivity contribution is 0.0524. The second kappa shape index (κ2) is 11.8. The van der Waals surface area contributed by atoms with Crippen LogP contribution in [0.1, 0.15) is 61.1 Å². The number of aromatic nitrogens is 1. The summed E-state index contributed by atoms with van der Waals surface area (Å²) in [6.07, 6.45) is 0.924. The molecule has 0 aliphatic carbocycles. The largest absolute Gasteiger partial charge is 0.493 e. The quantitative estimate of drug-likeness (QED) is 0.312. The van der Waals surface area contributed by atoms with Crippen LogP contribution < -0.4 is 9.47 Å². The van der Waals surface area contributed by atoms with Crippen LogP contribution in [0.15, 0.2) is 18.2 Å². The zero-order valence-electron chi connectivity index (χ0n) is 23.1. The Morgan fingerprint density at radius 3 is 2.49 bits per heavy atom. The van der Waals surface area contributed by atoms with Gasteiger partial charge in [0, 0.05) is 41.5 Å². The summed E-state index contributed by atoms with van der Waals surface area (Å²) in [7, 11) is 3.26. The lowest BCUT2D eigenvalue weighted by Crippen LogP contribution is -2.35. The molecule has 0 unspecified atom stereocenters. The summed E-state index contributed by atoms with van der Waals surface area (Å²) in [5, 5.41) is 1.07. The molecule has 1 aliphatic heterocycles. The topological polar surface area (TPSA) is 64.1 Å². The molecule has 2 aromatic heterocycles. The number of ether oxygens (including phenoxy) is 3. The second-order valence-corrected chi connectivity index (χ2v) is 10.6. The van der Waals surface area contributed by atoms with E-state index in [1.807, 2.05) is 25.1 Å². The summed E-state index contributed by atoms with van der Waals surface area (Å²) in [6, 6.07) is 6.35. The van der Waals surface area contributed by atoms with E-state index in [-0.39, 0.29) is 5.97 Å². The van der Waals surface area contributed by atoms with Gasteiger partial charge in [-0.05, 0) is 63.5 Å². The van der Waals surface area contributed by atoms with Crippen molar-refractivity contribution < 1.29 is 19.0 Å². The molecule has 0 radical (unpaired) electrons. The number of nitrogens with zero attached hydrogens (tertiary/aromatic N) is 3. The number of methoxy groups -OCH3 is 2. The minimum absolute atomic E-state index is 0.304. The number of carbonyl (C=O) groups is 1.